The summed E-state index contributed by atoms with van der Waals surface area (Å²) in [5.41, 5.74) is 0.502. The molecule has 0 bridgehead atoms. The molecule has 0 aliphatic rings. The molecule has 80 valence electrons. The van der Waals surface area contributed by atoms with Crippen LogP contribution < -0.4 is 10.6 Å². The molecule has 0 aromatic heterocycles. The number of anilines is 1. The lowest BCUT2D eigenvalue weighted by atomic mass is 10.3. The van der Waals surface area contributed by atoms with Crippen LogP contribution in [0.2, 0.25) is 5.02 Å². The van der Waals surface area contributed by atoms with Gasteiger partial charge in [-0.2, -0.15) is 0 Å². The first kappa shape index (κ1) is 11.8. The van der Waals surface area contributed by atoms with E-state index in [-0.39, 0.29) is 5.88 Å². The molecule has 0 aliphatic heterocycles. The molecule has 15 heavy (non-hydrogen) atoms. The number of carbonyl (C=O) groups excluding carboxylic acids is 2. The second kappa shape index (κ2) is 5.58. The van der Waals surface area contributed by atoms with E-state index in [2.05, 4.69) is 5.32 Å². The third-order valence-corrected chi connectivity index (χ3v) is 1.93. The molecule has 1 rings (SSSR count). The van der Waals surface area contributed by atoms with E-state index in [0.717, 1.165) is 0 Å². The van der Waals surface area contributed by atoms with E-state index in [1.54, 1.807) is 24.3 Å². The van der Waals surface area contributed by atoms with E-state index >= 15 is 0 Å². The van der Waals surface area contributed by atoms with Gasteiger partial charge in [0.05, 0.1) is 0 Å². The predicted molar refractivity (Wildman–Crippen MR) is 59.3 cm³/mol. The molecular weight excluding hydrogens is 239 g/mol. The van der Waals surface area contributed by atoms with Crippen LogP contribution in [0.1, 0.15) is 0 Å². The van der Waals surface area contributed by atoms with Crippen molar-refractivity contribution < 1.29 is 9.59 Å². The molecule has 0 radical (unpaired) electrons. The summed E-state index contributed by atoms with van der Waals surface area (Å²) in [6, 6.07) is 5.93. The zero-order chi connectivity index (χ0) is 11.3. The van der Waals surface area contributed by atoms with Gasteiger partial charge in [-0.15, -0.1) is 11.6 Å². The predicted octanol–water partition coefficient (Wildman–Crippen LogP) is 2.23. The molecule has 0 spiro atoms. The number of urea groups is 1. The Morgan fingerprint density at radius 3 is 2.67 bits per heavy atom. The number of alkyl halides is 1. The van der Waals surface area contributed by atoms with Gasteiger partial charge in [0.2, 0.25) is 5.91 Å². The molecule has 1 aromatic rings. The highest BCUT2D eigenvalue weighted by atomic mass is 35.5. The monoisotopic (exact) mass is 246 g/mol. The number of amides is 3. The molecule has 0 fully saturated rings. The van der Waals surface area contributed by atoms with Crippen LogP contribution in [0.5, 0.6) is 0 Å². The van der Waals surface area contributed by atoms with Gasteiger partial charge in [0.1, 0.15) is 5.88 Å². The molecule has 0 aliphatic carbocycles. The van der Waals surface area contributed by atoms with Gasteiger partial charge in [-0.1, -0.05) is 17.7 Å². The van der Waals surface area contributed by atoms with Crippen LogP contribution in [0.15, 0.2) is 24.3 Å². The van der Waals surface area contributed by atoms with Crippen LogP contribution in [0, 0.1) is 0 Å². The Morgan fingerprint density at radius 2 is 2.07 bits per heavy atom. The second-order valence-electron chi connectivity index (χ2n) is 2.65. The van der Waals surface area contributed by atoms with Crippen LogP contribution in [-0.4, -0.2) is 17.8 Å². The quantitative estimate of drug-likeness (QED) is 0.787. The van der Waals surface area contributed by atoms with Gasteiger partial charge in [0.25, 0.3) is 0 Å². The third kappa shape index (κ3) is 4.18. The van der Waals surface area contributed by atoms with Crippen LogP contribution >= 0.6 is 23.2 Å². The second-order valence-corrected chi connectivity index (χ2v) is 3.35. The zero-order valence-electron chi connectivity index (χ0n) is 7.59. The van der Waals surface area contributed by atoms with Crippen LogP contribution in [-0.2, 0) is 4.79 Å². The van der Waals surface area contributed by atoms with E-state index in [9.17, 15) is 9.59 Å². The van der Waals surface area contributed by atoms with Crippen molar-refractivity contribution in [2.75, 3.05) is 11.2 Å². The Kier molecular flexibility index (Phi) is 4.39. The molecule has 0 atom stereocenters. The number of hydrogen-bond donors (Lipinski definition) is 2. The summed E-state index contributed by atoms with van der Waals surface area (Å²) in [4.78, 5) is 21.9. The fourth-order valence-corrected chi connectivity index (χ4v) is 1.15. The molecule has 0 heterocycles. The van der Waals surface area contributed by atoms with Gasteiger partial charge in [-0.25, -0.2) is 4.79 Å². The lowest BCUT2D eigenvalue weighted by molar-refractivity contribution is -0.117. The summed E-state index contributed by atoms with van der Waals surface area (Å²) in [6.45, 7) is 0. The first-order valence-electron chi connectivity index (χ1n) is 4.04. The minimum Gasteiger partial charge on any atom is -0.308 e. The summed E-state index contributed by atoms with van der Waals surface area (Å²) in [7, 11) is 0. The molecule has 4 nitrogen and oxygen atoms in total. The zero-order valence-corrected chi connectivity index (χ0v) is 9.10. The highest BCUT2D eigenvalue weighted by Gasteiger charge is 2.05. The number of nitrogens with one attached hydrogen (secondary N) is 2. The molecule has 0 unspecified atom stereocenters. The number of imide groups is 1. The SMILES string of the molecule is O=C(CCl)NC(=O)Nc1cccc(Cl)c1. The first-order valence-corrected chi connectivity index (χ1v) is 4.95. The average Bonchev–Trinajstić information content (AvgIpc) is 2.17. The normalized spacial score (nSPS) is 9.47. The Hall–Kier alpha value is -1.26. The number of benzene rings is 1. The maximum Gasteiger partial charge on any atom is 0.325 e. The van der Waals surface area contributed by atoms with Gasteiger partial charge in [0, 0.05) is 10.7 Å². The highest BCUT2D eigenvalue weighted by molar-refractivity contribution is 6.31. The molecular formula is C9H8Cl2N2O2. The highest BCUT2D eigenvalue weighted by Crippen LogP contribution is 2.14. The van der Waals surface area contributed by atoms with Crippen molar-refractivity contribution in [3.05, 3.63) is 29.3 Å². The molecule has 1 aromatic carbocycles. The van der Waals surface area contributed by atoms with Crippen molar-refractivity contribution in [1.82, 2.24) is 5.32 Å². The van der Waals surface area contributed by atoms with Crippen LogP contribution in [0.25, 0.3) is 0 Å². The van der Waals surface area contributed by atoms with E-state index in [1.165, 1.54) is 0 Å². The lowest BCUT2D eigenvalue weighted by Crippen LogP contribution is -2.35. The average molecular weight is 247 g/mol. The Balaban J connectivity index is 2.55. The van der Waals surface area contributed by atoms with Crippen molar-refractivity contribution in [3.8, 4) is 0 Å². The van der Waals surface area contributed by atoms with Crippen molar-refractivity contribution in [3.63, 3.8) is 0 Å². The van der Waals surface area contributed by atoms with Gasteiger partial charge < -0.3 is 5.32 Å². The van der Waals surface area contributed by atoms with Crippen molar-refractivity contribution in [1.29, 1.82) is 0 Å². The molecule has 3 amide bonds. The minimum absolute atomic E-state index is 0.261. The van der Waals surface area contributed by atoms with Gasteiger partial charge in [-0.3, -0.25) is 10.1 Å². The maximum atomic E-state index is 11.1. The Labute approximate surface area is 96.6 Å². The van der Waals surface area contributed by atoms with Crippen molar-refractivity contribution in [2.24, 2.45) is 0 Å². The molecule has 0 saturated heterocycles. The number of rotatable bonds is 2. The fraction of sp³-hybridized carbons (Fsp3) is 0.111. The van der Waals surface area contributed by atoms with Crippen molar-refractivity contribution >= 4 is 40.8 Å². The summed E-state index contributed by atoms with van der Waals surface area (Å²) in [5, 5.41) is 4.96. The van der Waals surface area contributed by atoms with E-state index in [4.69, 9.17) is 23.2 Å². The van der Waals surface area contributed by atoms with E-state index in [1.807, 2.05) is 5.32 Å². The third-order valence-electron chi connectivity index (χ3n) is 1.46. The fourth-order valence-electron chi connectivity index (χ4n) is 0.889. The molecule has 6 heteroatoms. The lowest BCUT2D eigenvalue weighted by Gasteiger charge is -2.05. The summed E-state index contributed by atoms with van der Waals surface area (Å²) in [5.74, 6) is -0.820. The maximum absolute atomic E-state index is 11.1. The Bertz CT molecular complexity index is 382. The van der Waals surface area contributed by atoms with E-state index in [0.29, 0.717) is 10.7 Å². The van der Waals surface area contributed by atoms with Crippen LogP contribution in [0.4, 0.5) is 10.5 Å². The standard InChI is InChI=1S/C9H8Cl2N2O2/c10-5-8(14)13-9(15)12-7-3-1-2-6(11)4-7/h1-4H,5H2,(H2,12,13,14,15). The number of halogens is 2. The van der Waals surface area contributed by atoms with Crippen molar-refractivity contribution in [2.45, 2.75) is 0 Å². The van der Waals surface area contributed by atoms with Gasteiger partial charge >= 0.3 is 6.03 Å². The summed E-state index contributed by atoms with van der Waals surface area (Å²) >= 11 is 10.9. The molecule has 2 N–H and O–H groups in total. The summed E-state index contributed by atoms with van der Waals surface area (Å²) < 4.78 is 0. The van der Waals surface area contributed by atoms with Gasteiger partial charge in [0.15, 0.2) is 0 Å². The first-order chi connectivity index (χ1) is 7.11. The molecule has 0 saturated carbocycles. The van der Waals surface area contributed by atoms with Gasteiger partial charge in [-0.05, 0) is 18.2 Å². The largest absolute Gasteiger partial charge is 0.325 e. The summed E-state index contributed by atoms with van der Waals surface area (Å²) in [6.07, 6.45) is 0. The number of carbonyl (C=O) groups is 2. The Morgan fingerprint density at radius 1 is 1.33 bits per heavy atom. The van der Waals surface area contributed by atoms with Crippen LogP contribution in [0.3, 0.4) is 0 Å². The minimum atomic E-state index is -0.636. The smallest absolute Gasteiger partial charge is 0.308 e. The van der Waals surface area contributed by atoms with E-state index < -0.39 is 11.9 Å². The number of hydrogen-bond acceptors (Lipinski definition) is 2. The topological polar surface area (TPSA) is 58.2 Å².